The minimum absolute atomic E-state index is 0.241. The number of aromatic nitrogens is 1. The minimum Gasteiger partial charge on any atom is -0.338 e. The summed E-state index contributed by atoms with van der Waals surface area (Å²) in [6.45, 7) is 0. The number of benzene rings is 1. The number of aromatic amines is 1. The molecule has 1 aromatic carbocycles. The molecule has 3 nitrogen and oxygen atoms in total. The average Bonchev–Trinajstić information content (AvgIpc) is 2.33. The lowest BCUT2D eigenvalue weighted by Gasteiger charge is -1.84. The first kappa shape index (κ1) is 6.15. The van der Waals surface area contributed by atoms with Crippen LogP contribution >= 0.6 is 0 Å². The van der Waals surface area contributed by atoms with E-state index in [4.69, 9.17) is 0 Å². The first-order chi connectivity index (χ1) is 5.27. The van der Waals surface area contributed by atoms with Gasteiger partial charge >= 0.3 is 5.63 Å². The summed E-state index contributed by atoms with van der Waals surface area (Å²) in [4.78, 5) is 10.8. The Morgan fingerprint density at radius 1 is 1.45 bits per heavy atom. The van der Waals surface area contributed by atoms with E-state index in [-0.39, 0.29) is 5.39 Å². The number of hydrogen-bond acceptors (Lipinski definition) is 2. The van der Waals surface area contributed by atoms with Crippen LogP contribution in [0.15, 0.2) is 27.5 Å². The highest BCUT2D eigenvalue weighted by Crippen LogP contribution is 2.08. The van der Waals surface area contributed by atoms with E-state index in [0.717, 1.165) is 6.07 Å². The smallest absolute Gasteiger partial charge is 0.338 e. The maximum Gasteiger partial charge on any atom is 0.365 e. The van der Waals surface area contributed by atoms with Crippen LogP contribution in [-0.4, -0.2) is 5.16 Å². The molecule has 1 heterocycles. The van der Waals surface area contributed by atoms with Gasteiger partial charge in [0.15, 0.2) is 0 Å². The molecule has 56 valence electrons. The van der Waals surface area contributed by atoms with Crippen LogP contribution in [0.1, 0.15) is 0 Å². The molecular weight excluding hydrogens is 149 g/mol. The Kier molecular flexibility index (Phi) is 1.09. The van der Waals surface area contributed by atoms with Gasteiger partial charge < -0.3 is 4.52 Å². The second-order valence-corrected chi connectivity index (χ2v) is 2.18. The summed E-state index contributed by atoms with van der Waals surface area (Å²) in [5, 5.41) is 2.60. The van der Waals surface area contributed by atoms with Crippen LogP contribution in [0.2, 0.25) is 0 Å². The molecular formula is C7H4FNO2. The molecule has 0 saturated heterocycles. The van der Waals surface area contributed by atoms with E-state index in [9.17, 15) is 9.18 Å². The predicted octanol–water partition coefficient (Wildman–Crippen LogP) is 1.26. The predicted molar refractivity (Wildman–Crippen MR) is 36.8 cm³/mol. The van der Waals surface area contributed by atoms with Gasteiger partial charge in [-0.2, -0.15) is 0 Å². The number of H-pyrrole nitrogens is 1. The molecule has 11 heavy (non-hydrogen) atoms. The van der Waals surface area contributed by atoms with E-state index in [0.29, 0.717) is 5.52 Å². The van der Waals surface area contributed by atoms with Crippen molar-refractivity contribution in [1.82, 2.24) is 5.16 Å². The molecule has 0 radical (unpaired) electrons. The van der Waals surface area contributed by atoms with Crippen molar-refractivity contribution in [2.24, 2.45) is 0 Å². The van der Waals surface area contributed by atoms with Gasteiger partial charge in [-0.3, -0.25) is 0 Å². The van der Waals surface area contributed by atoms with Crippen LogP contribution in [0.5, 0.6) is 0 Å². The van der Waals surface area contributed by atoms with Crippen molar-refractivity contribution in [1.29, 1.82) is 0 Å². The SMILES string of the molecule is O=c1o[nH]c2ccc(F)cc12. The van der Waals surface area contributed by atoms with Gasteiger partial charge in [-0.05, 0) is 18.2 Å². The molecule has 2 aromatic rings. The third-order valence-electron chi connectivity index (χ3n) is 1.46. The van der Waals surface area contributed by atoms with Crippen molar-refractivity contribution in [2.75, 3.05) is 0 Å². The van der Waals surface area contributed by atoms with Gasteiger partial charge in [0.1, 0.15) is 5.82 Å². The third-order valence-corrected chi connectivity index (χ3v) is 1.46. The highest BCUT2D eigenvalue weighted by Gasteiger charge is 2.02. The van der Waals surface area contributed by atoms with Crippen molar-refractivity contribution >= 4 is 10.9 Å². The quantitative estimate of drug-likeness (QED) is 0.619. The Bertz CT molecular complexity index is 443. The molecule has 0 spiro atoms. The van der Waals surface area contributed by atoms with Crippen molar-refractivity contribution in [3.63, 3.8) is 0 Å². The molecule has 0 bridgehead atoms. The van der Waals surface area contributed by atoms with E-state index in [1.54, 1.807) is 0 Å². The number of nitrogens with one attached hydrogen (secondary N) is 1. The molecule has 0 aliphatic heterocycles. The van der Waals surface area contributed by atoms with Gasteiger partial charge in [0.05, 0.1) is 10.9 Å². The van der Waals surface area contributed by atoms with E-state index >= 15 is 0 Å². The Morgan fingerprint density at radius 2 is 2.27 bits per heavy atom. The molecule has 0 fully saturated rings. The summed E-state index contributed by atoms with van der Waals surface area (Å²) < 4.78 is 16.9. The summed E-state index contributed by atoms with van der Waals surface area (Å²) in [7, 11) is 0. The number of rotatable bonds is 0. The van der Waals surface area contributed by atoms with E-state index in [2.05, 4.69) is 9.68 Å². The summed E-state index contributed by atoms with van der Waals surface area (Å²) >= 11 is 0. The van der Waals surface area contributed by atoms with Crippen LogP contribution in [0.25, 0.3) is 10.9 Å². The Labute approximate surface area is 60.4 Å². The van der Waals surface area contributed by atoms with E-state index in [1.807, 2.05) is 0 Å². The topological polar surface area (TPSA) is 46.0 Å². The Balaban J connectivity index is 2.99. The van der Waals surface area contributed by atoms with E-state index in [1.165, 1.54) is 12.1 Å². The molecule has 0 atom stereocenters. The fourth-order valence-corrected chi connectivity index (χ4v) is 0.931. The van der Waals surface area contributed by atoms with Crippen LogP contribution in [0.3, 0.4) is 0 Å². The highest BCUT2D eigenvalue weighted by molar-refractivity contribution is 5.76. The summed E-state index contributed by atoms with van der Waals surface area (Å²) in [5.74, 6) is -0.440. The van der Waals surface area contributed by atoms with Gasteiger partial charge in [0.2, 0.25) is 0 Å². The summed E-state index contributed by atoms with van der Waals surface area (Å²) in [5.41, 5.74) is -0.0316. The zero-order valence-electron chi connectivity index (χ0n) is 5.43. The van der Waals surface area contributed by atoms with Crippen LogP contribution < -0.4 is 5.63 Å². The number of fused-ring (bicyclic) bond motifs is 1. The largest absolute Gasteiger partial charge is 0.365 e. The standard InChI is InChI=1S/C7H4FNO2/c8-4-1-2-6-5(3-4)7(10)11-9-6/h1-3,9H. The maximum absolute atomic E-state index is 12.5. The first-order valence-corrected chi connectivity index (χ1v) is 3.04. The fraction of sp³-hybridized carbons (Fsp3) is 0. The molecule has 2 rings (SSSR count). The van der Waals surface area contributed by atoms with Crippen LogP contribution in [0.4, 0.5) is 4.39 Å². The second kappa shape index (κ2) is 1.95. The normalized spacial score (nSPS) is 10.6. The van der Waals surface area contributed by atoms with Gasteiger partial charge in [0.25, 0.3) is 0 Å². The van der Waals surface area contributed by atoms with Gasteiger partial charge in [0, 0.05) is 0 Å². The lowest BCUT2D eigenvalue weighted by molar-refractivity contribution is 0.400. The lowest BCUT2D eigenvalue weighted by Crippen LogP contribution is -1.90. The zero-order valence-corrected chi connectivity index (χ0v) is 5.43. The molecule has 1 aromatic heterocycles. The molecule has 0 aliphatic carbocycles. The third kappa shape index (κ3) is 0.832. The average molecular weight is 153 g/mol. The Morgan fingerprint density at radius 3 is 3.09 bits per heavy atom. The number of halogens is 1. The molecule has 0 unspecified atom stereocenters. The van der Waals surface area contributed by atoms with Crippen molar-refractivity contribution in [3.8, 4) is 0 Å². The molecule has 0 amide bonds. The van der Waals surface area contributed by atoms with Crippen LogP contribution in [0, 0.1) is 5.82 Å². The first-order valence-electron chi connectivity index (χ1n) is 3.04. The minimum atomic E-state index is -0.542. The summed E-state index contributed by atoms with van der Waals surface area (Å²) in [6.07, 6.45) is 0. The van der Waals surface area contributed by atoms with Crippen molar-refractivity contribution in [2.45, 2.75) is 0 Å². The van der Waals surface area contributed by atoms with E-state index < -0.39 is 11.4 Å². The van der Waals surface area contributed by atoms with Crippen LogP contribution in [-0.2, 0) is 0 Å². The monoisotopic (exact) mass is 153 g/mol. The molecule has 4 heteroatoms. The van der Waals surface area contributed by atoms with Gasteiger partial charge in [-0.25, -0.2) is 14.3 Å². The van der Waals surface area contributed by atoms with Gasteiger partial charge in [-0.1, -0.05) is 0 Å². The molecule has 1 N–H and O–H groups in total. The fourth-order valence-electron chi connectivity index (χ4n) is 0.931. The number of hydrogen-bond donors (Lipinski definition) is 1. The van der Waals surface area contributed by atoms with Crippen molar-refractivity contribution < 1.29 is 8.91 Å². The van der Waals surface area contributed by atoms with Gasteiger partial charge in [-0.15, -0.1) is 0 Å². The zero-order chi connectivity index (χ0) is 7.84. The second-order valence-electron chi connectivity index (χ2n) is 2.18. The highest BCUT2D eigenvalue weighted by atomic mass is 19.1. The molecule has 0 aliphatic rings. The maximum atomic E-state index is 12.5. The van der Waals surface area contributed by atoms with Crippen molar-refractivity contribution in [3.05, 3.63) is 34.4 Å². The Hall–Kier alpha value is -1.58. The summed E-state index contributed by atoms with van der Waals surface area (Å²) in [6, 6.07) is 3.85. The lowest BCUT2D eigenvalue weighted by atomic mass is 10.2. The molecule has 0 saturated carbocycles.